The minimum Gasteiger partial charge on any atom is -0.491 e. The van der Waals surface area contributed by atoms with E-state index in [1.807, 2.05) is 27.7 Å². The van der Waals surface area contributed by atoms with Crippen molar-refractivity contribution in [1.29, 1.82) is 0 Å². The number of aliphatic hydroxyl groups excluding tert-OH is 2. The molecule has 40 heavy (non-hydrogen) atoms. The van der Waals surface area contributed by atoms with Gasteiger partial charge < -0.3 is 25.0 Å². The van der Waals surface area contributed by atoms with Crippen LogP contribution in [0.5, 0.6) is 17.2 Å². The number of pyridine rings is 1. The maximum absolute atomic E-state index is 14.8. The summed E-state index contributed by atoms with van der Waals surface area (Å²) in [5, 5.41) is 28.4. The van der Waals surface area contributed by atoms with Gasteiger partial charge in [0.05, 0.1) is 23.7 Å². The minimum atomic E-state index is -0.978. The number of hydrogen-bond acceptors (Lipinski definition) is 7. The molecule has 4 aromatic rings. The molecule has 1 atom stereocenters. The van der Waals surface area contributed by atoms with Crippen molar-refractivity contribution in [3.63, 3.8) is 0 Å². The Labute approximate surface area is 231 Å². The van der Waals surface area contributed by atoms with E-state index in [-0.39, 0.29) is 23.5 Å². The number of rotatable bonds is 9. The summed E-state index contributed by atoms with van der Waals surface area (Å²) in [5.41, 5.74) is 1.80. The van der Waals surface area contributed by atoms with Gasteiger partial charge in [0.2, 0.25) is 0 Å². The Bertz CT molecular complexity index is 1470. The summed E-state index contributed by atoms with van der Waals surface area (Å²) in [7, 11) is 0. The molecule has 0 radical (unpaired) electrons. The number of aliphatic hydroxyl groups is 2. The Morgan fingerprint density at radius 2 is 1.73 bits per heavy atom. The van der Waals surface area contributed by atoms with E-state index in [0.29, 0.717) is 23.0 Å². The van der Waals surface area contributed by atoms with Crippen molar-refractivity contribution in [3.8, 4) is 22.9 Å². The molecular formula is C29H32FN5O5. The standard InChI is InChI=1S/C29H32FN5O5/c1-18-13-23(11-12-31-18)40-22-9-10-25(24(30)14-22)32-28(38)33-27-15-26(29(2,3)4)34-35(27)19-5-7-21(8-6-19)39-17-20(37)16-36/h5-15,20,36-37H,16-17H2,1-4H3,(H2,32,33,38). The van der Waals surface area contributed by atoms with E-state index in [1.54, 1.807) is 59.4 Å². The van der Waals surface area contributed by atoms with Gasteiger partial charge in [-0.2, -0.15) is 5.10 Å². The Morgan fingerprint density at radius 1 is 1.02 bits per heavy atom. The molecule has 2 aromatic carbocycles. The van der Waals surface area contributed by atoms with Crippen LogP contribution >= 0.6 is 0 Å². The predicted molar refractivity (Wildman–Crippen MR) is 149 cm³/mol. The fourth-order valence-electron chi connectivity index (χ4n) is 3.61. The van der Waals surface area contributed by atoms with Crippen LogP contribution < -0.4 is 20.1 Å². The van der Waals surface area contributed by atoms with Crippen LogP contribution in [0.15, 0.2) is 66.9 Å². The number of aryl methyl sites for hydroxylation is 1. The number of nitrogens with zero attached hydrogens (tertiary/aromatic N) is 3. The van der Waals surface area contributed by atoms with E-state index in [4.69, 9.17) is 14.6 Å². The summed E-state index contributed by atoms with van der Waals surface area (Å²) in [5.74, 6) is 1.01. The topological polar surface area (TPSA) is 131 Å². The quantitative estimate of drug-likeness (QED) is 0.226. The van der Waals surface area contributed by atoms with Crippen LogP contribution in [0.2, 0.25) is 0 Å². The van der Waals surface area contributed by atoms with Gasteiger partial charge in [-0.3, -0.25) is 10.3 Å². The second kappa shape index (κ2) is 12.1. The Kier molecular flexibility index (Phi) is 8.66. The van der Waals surface area contributed by atoms with Crippen molar-refractivity contribution in [2.24, 2.45) is 0 Å². The lowest BCUT2D eigenvalue weighted by Gasteiger charge is -2.14. The predicted octanol–water partition coefficient (Wildman–Crippen LogP) is 5.18. The van der Waals surface area contributed by atoms with E-state index in [1.165, 1.54) is 12.1 Å². The molecule has 1 unspecified atom stereocenters. The first-order valence-corrected chi connectivity index (χ1v) is 12.6. The van der Waals surface area contributed by atoms with Crippen molar-refractivity contribution in [3.05, 3.63) is 84.1 Å². The van der Waals surface area contributed by atoms with E-state index < -0.39 is 24.6 Å². The molecule has 2 amide bonds. The summed E-state index contributed by atoms with van der Waals surface area (Å²) in [6.45, 7) is 7.38. The summed E-state index contributed by atoms with van der Waals surface area (Å²) in [6.07, 6.45) is 0.623. The number of amides is 2. The lowest BCUT2D eigenvalue weighted by Crippen LogP contribution is -2.22. The molecule has 0 saturated carbocycles. The molecule has 0 bridgehead atoms. The summed E-state index contributed by atoms with van der Waals surface area (Å²) in [4.78, 5) is 17.0. The molecule has 0 spiro atoms. The minimum absolute atomic E-state index is 0.0237. The normalized spacial score (nSPS) is 12.1. The van der Waals surface area contributed by atoms with Crippen LogP contribution in [0.4, 0.5) is 20.7 Å². The summed E-state index contributed by atoms with van der Waals surface area (Å²) < 4.78 is 27.5. The average Bonchev–Trinajstić information content (AvgIpc) is 3.33. The Morgan fingerprint density at radius 3 is 2.38 bits per heavy atom. The number of halogens is 1. The molecule has 4 rings (SSSR count). The zero-order valence-corrected chi connectivity index (χ0v) is 22.7. The maximum atomic E-state index is 14.8. The van der Waals surface area contributed by atoms with Crippen molar-refractivity contribution < 1.29 is 28.9 Å². The monoisotopic (exact) mass is 549 g/mol. The molecule has 4 N–H and O–H groups in total. The number of anilines is 2. The third-order valence-corrected chi connectivity index (χ3v) is 5.75. The molecule has 0 aliphatic rings. The highest BCUT2D eigenvalue weighted by Gasteiger charge is 2.22. The number of nitrogens with one attached hydrogen (secondary N) is 2. The van der Waals surface area contributed by atoms with E-state index >= 15 is 0 Å². The van der Waals surface area contributed by atoms with Gasteiger partial charge >= 0.3 is 6.03 Å². The highest BCUT2D eigenvalue weighted by molar-refractivity contribution is 5.99. The number of carbonyl (C=O) groups excluding carboxylic acids is 1. The largest absolute Gasteiger partial charge is 0.491 e. The zero-order valence-electron chi connectivity index (χ0n) is 22.7. The zero-order chi connectivity index (χ0) is 28.9. The van der Waals surface area contributed by atoms with E-state index in [9.17, 15) is 14.3 Å². The lowest BCUT2D eigenvalue weighted by molar-refractivity contribution is 0.0536. The Hall–Kier alpha value is -4.48. The van der Waals surface area contributed by atoms with Crippen LogP contribution in [-0.4, -0.2) is 50.3 Å². The third kappa shape index (κ3) is 7.33. The number of aromatic nitrogens is 3. The third-order valence-electron chi connectivity index (χ3n) is 5.75. The van der Waals surface area contributed by atoms with Crippen molar-refractivity contribution >= 4 is 17.5 Å². The SMILES string of the molecule is Cc1cc(Oc2ccc(NC(=O)Nc3cc(C(C)(C)C)nn3-c3ccc(OCC(O)CO)cc3)c(F)c2)ccn1. The van der Waals surface area contributed by atoms with Crippen molar-refractivity contribution in [2.75, 3.05) is 23.8 Å². The van der Waals surface area contributed by atoms with Gasteiger partial charge in [0.25, 0.3) is 0 Å². The number of benzene rings is 2. The summed E-state index contributed by atoms with van der Waals surface area (Å²) in [6, 6.07) is 15.5. The van der Waals surface area contributed by atoms with Gasteiger partial charge in [-0.1, -0.05) is 20.8 Å². The maximum Gasteiger partial charge on any atom is 0.324 e. The van der Waals surface area contributed by atoms with Gasteiger partial charge in [0.15, 0.2) is 0 Å². The van der Waals surface area contributed by atoms with Crippen molar-refractivity contribution in [1.82, 2.24) is 14.8 Å². The fourth-order valence-corrected chi connectivity index (χ4v) is 3.61. The molecule has 0 aliphatic carbocycles. The number of hydrogen-bond donors (Lipinski definition) is 4. The first-order valence-electron chi connectivity index (χ1n) is 12.6. The van der Waals surface area contributed by atoms with E-state index in [2.05, 4.69) is 20.7 Å². The molecule has 0 aliphatic heterocycles. The second-order valence-electron chi connectivity index (χ2n) is 10.2. The van der Waals surface area contributed by atoms with Gasteiger partial charge in [0, 0.05) is 35.5 Å². The summed E-state index contributed by atoms with van der Waals surface area (Å²) >= 11 is 0. The number of urea groups is 1. The molecule has 0 fully saturated rings. The molecule has 2 aromatic heterocycles. The number of ether oxygens (including phenoxy) is 2. The highest BCUT2D eigenvalue weighted by atomic mass is 19.1. The molecule has 2 heterocycles. The van der Waals surface area contributed by atoms with Crippen LogP contribution in [0, 0.1) is 12.7 Å². The molecular weight excluding hydrogens is 517 g/mol. The molecule has 11 heteroatoms. The van der Waals surface area contributed by atoms with Crippen LogP contribution in [-0.2, 0) is 5.41 Å². The molecule has 0 saturated heterocycles. The van der Waals surface area contributed by atoms with E-state index in [0.717, 1.165) is 11.4 Å². The van der Waals surface area contributed by atoms with Gasteiger partial charge in [0.1, 0.15) is 41.6 Å². The molecule has 10 nitrogen and oxygen atoms in total. The highest BCUT2D eigenvalue weighted by Crippen LogP contribution is 2.28. The molecule has 210 valence electrons. The first kappa shape index (κ1) is 28.5. The smallest absolute Gasteiger partial charge is 0.324 e. The van der Waals surface area contributed by atoms with Crippen LogP contribution in [0.3, 0.4) is 0 Å². The second-order valence-corrected chi connectivity index (χ2v) is 10.2. The van der Waals surface area contributed by atoms with Crippen molar-refractivity contribution in [2.45, 2.75) is 39.2 Å². The fraction of sp³-hybridized carbons (Fsp3) is 0.276. The first-order chi connectivity index (χ1) is 19.0. The van der Waals surface area contributed by atoms with Gasteiger partial charge in [-0.15, -0.1) is 0 Å². The lowest BCUT2D eigenvalue weighted by atomic mass is 9.92. The number of carbonyl (C=O) groups is 1. The Balaban J connectivity index is 1.49. The average molecular weight is 550 g/mol. The van der Waals surface area contributed by atoms with Crippen LogP contribution in [0.25, 0.3) is 5.69 Å². The van der Waals surface area contributed by atoms with Gasteiger partial charge in [-0.25, -0.2) is 13.9 Å². The van der Waals surface area contributed by atoms with Crippen LogP contribution in [0.1, 0.15) is 32.2 Å². The van der Waals surface area contributed by atoms with Gasteiger partial charge in [-0.05, 0) is 49.4 Å².